The predicted molar refractivity (Wildman–Crippen MR) is 106 cm³/mol. The van der Waals surface area contributed by atoms with E-state index in [0.717, 1.165) is 17.7 Å². The Balaban J connectivity index is 1.88. The van der Waals surface area contributed by atoms with E-state index in [9.17, 15) is 9.59 Å². The van der Waals surface area contributed by atoms with Crippen LogP contribution in [0.25, 0.3) is 0 Å². The fraction of sp³-hybridized carbons (Fsp3) is 0.600. The first-order valence-corrected chi connectivity index (χ1v) is 9.93. The molecule has 5 nitrogen and oxygen atoms in total. The molecule has 0 bridgehead atoms. The maximum Gasteiger partial charge on any atom is 0.279 e. The molecule has 1 aliphatic carbocycles. The molecule has 1 atom stereocenters. The van der Waals surface area contributed by atoms with Gasteiger partial charge >= 0.3 is 0 Å². The quantitative estimate of drug-likeness (QED) is 0.763. The zero-order valence-electron chi connectivity index (χ0n) is 16.1. The van der Waals surface area contributed by atoms with Gasteiger partial charge in [0.2, 0.25) is 0 Å². The number of amides is 2. The number of halogens is 1. The van der Waals surface area contributed by atoms with Gasteiger partial charge in [0.15, 0.2) is 13.1 Å². The lowest BCUT2D eigenvalue weighted by Crippen LogP contribution is -3.11. The number of likely N-dealkylation sites (N-methyl/N-ethyl adjacent to an activating group) is 1. The van der Waals surface area contributed by atoms with E-state index in [0.29, 0.717) is 23.3 Å². The summed E-state index contributed by atoms with van der Waals surface area (Å²) in [5.41, 5.74) is 0.601. The molecule has 2 rings (SSSR count). The summed E-state index contributed by atoms with van der Waals surface area (Å²) in [5.74, 6) is -0.00731. The van der Waals surface area contributed by atoms with Gasteiger partial charge in [-0.1, -0.05) is 43.0 Å². The second-order valence-corrected chi connectivity index (χ2v) is 7.93. The van der Waals surface area contributed by atoms with Crippen LogP contribution in [0.3, 0.4) is 0 Å². The maximum absolute atomic E-state index is 12.8. The van der Waals surface area contributed by atoms with E-state index < -0.39 is 0 Å². The Morgan fingerprint density at radius 3 is 2.46 bits per heavy atom. The Morgan fingerprint density at radius 2 is 1.85 bits per heavy atom. The molecule has 1 aliphatic rings. The van der Waals surface area contributed by atoms with E-state index in [1.54, 1.807) is 12.1 Å². The average Bonchev–Trinajstić information content (AvgIpc) is 2.57. The number of carbonyl (C=O) groups is 2. The van der Waals surface area contributed by atoms with E-state index in [2.05, 4.69) is 19.2 Å². The molecule has 6 heteroatoms. The normalized spacial score (nSPS) is 16.3. The summed E-state index contributed by atoms with van der Waals surface area (Å²) >= 11 is 6.07. The van der Waals surface area contributed by atoms with Crippen LogP contribution in [0.2, 0.25) is 5.02 Å². The van der Waals surface area contributed by atoms with Crippen LogP contribution in [0.5, 0.6) is 0 Å². The zero-order valence-corrected chi connectivity index (χ0v) is 16.8. The smallest absolute Gasteiger partial charge is 0.279 e. The Morgan fingerprint density at radius 1 is 1.19 bits per heavy atom. The van der Waals surface area contributed by atoms with Gasteiger partial charge in [-0.2, -0.15) is 0 Å². The highest BCUT2D eigenvalue weighted by Crippen LogP contribution is 2.24. The third-order valence-electron chi connectivity index (χ3n) is 4.88. The van der Waals surface area contributed by atoms with Gasteiger partial charge in [-0.15, -0.1) is 0 Å². The molecular weight excluding hydrogens is 350 g/mol. The Kier molecular flexibility index (Phi) is 7.91. The molecule has 144 valence electrons. The number of hydrogen-bond acceptors (Lipinski definition) is 2. The summed E-state index contributed by atoms with van der Waals surface area (Å²) in [4.78, 5) is 28.0. The number of nitrogens with zero attached hydrogens (tertiary/aromatic N) is 1. The molecule has 26 heavy (non-hydrogen) atoms. The first-order chi connectivity index (χ1) is 12.4. The summed E-state index contributed by atoms with van der Waals surface area (Å²) in [7, 11) is 1.88. The van der Waals surface area contributed by atoms with Crippen LogP contribution >= 0.6 is 11.6 Å². The fourth-order valence-corrected chi connectivity index (χ4v) is 3.90. The summed E-state index contributed by atoms with van der Waals surface area (Å²) < 4.78 is 0. The van der Waals surface area contributed by atoms with Gasteiger partial charge in [0.25, 0.3) is 11.8 Å². The van der Waals surface area contributed by atoms with E-state index in [-0.39, 0.29) is 24.4 Å². The third-order valence-corrected chi connectivity index (χ3v) is 5.21. The maximum atomic E-state index is 12.8. The molecule has 2 amide bonds. The lowest BCUT2D eigenvalue weighted by atomic mass is 9.93. The van der Waals surface area contributed by atoms with Crippen molar-refractivity contribution in [2.24, 2.45) is 0 Å². The number of nitrogens with one attached hydrogen (secondary N) is 2. The van der Waals surface area contributed by atoms with Crippen molar-refractivity contribution in [3.63, 3.8) is 0 Å². The van der Waals surface area contributed by atoms with Crippen molar-refractivity contribution < 1.29 is 14.5 Å². The predicted octanol–water partition coefficient (Wildman–Crippen LogP) is 2.36. The number of benzene rings is 1. The summed E-state index contributed by atoms with van der Waals surface area (Å²) in [5, 5.41) is 3.32. The first-order valence-electron chi connectivity index (χ1n) is 9.55. The molecule has 2 N–H and O–H groups in total. The summed E-state index contributed by atoms with van der Waals surface area (Å²) in [6, 6.07) is 7.69. The summed E-state index contributed by atoms with van der Waals surface area (Å²) in [6.07, 6.45) is 5.85. The zero-order chi connectivity index (χ0) is 19.1. The van der Waals surface area contributed by atoms with Crippen molar-refractivity contribution in [3.05, 3.63) is 29.3 Å². The Labute approximate surface area is 161 Å². The minimum atomic E-state index is -0.142. The minimum absolute atomic E-state index is 0.134. The highest BCUT2D eigenvalue weighted by atomic mass is 35.5. The molecule has 0 radical (unpaired) electrons. The lowest BCUT2D eigenvalue weighted by Gasteiger charge is -2.37. The van der Waals surface area contributed by atoms with Crippen molar-refractivity contribution >= 4 is 29.1 Å². The molecular formula is C20H31ClN3O2+. The van der Waals surface area contributed by atoms with Crippen LogP contribution in [0.1, 0.15) is 46.0 Å². The van der Waals surface area contributed by atoms with E-state index in [1.807, 2.05) is 24.1 Å². The molecule has 0 heterocycles. The molecule has 0 aromatic heterocycles. The third kappa shape index (κ3) is 5.99. The van der Waals surface area contributed by atoms with Crippen molar-refractivity contribution in [2.45, 2.75) is 58.0 Å². The fourth-order valence-electron chi connectivity index (χ4n) is 3.72. The molecule has 1 fully saturated rings. The minimum Gasteiger partial charge on any atom is -0.332 e. The van der Waals surface area contributed by atoms with Gasteiger partial charge in [-0.25, -0.2) is 0 Å². The monoisotopic (exact) mass is 380 g/mol. The van der Waals surface area contributed by atoms with Crippen LogP contribution in [-0.2, 0) is 9.59 Å². The lowest BCUT2D eigenvalue weighted by molar-refractivity contribution is -0.862. The molecule has 0 spiro atoms. The van der Waals surface area contributed by atoms with Gasteiger partial charge in [0.05, 0.1) is 17.8 Å². The van der Waals surface area contributed by atoms with Crippen LogP contribution < -0.4 is 10.2 Å². The van der Waals surface area contributed by atoms with Gasteiger partial charge in [0.1, 0.15) is 0 Å². The largest absolute Gasteiger partial charge is 0.332 e. The molecule has 1 aromatic rings. The van der Waals surface area contributed by atoms with Gasteiger partial charge in [0, 0.05) is 12.1 Å². The molecule has 0 saturated heterocycles. The Bertz CT molecular complexity index is 615. The van der Waals surface area contributed by atoms with E-state index >= 15 is 0 Å². The molecule has 1 aromatic carbocycles. The Hall–Kier alpha value is -1.59. The number of para-hydroxylation sites is 1. The second-order valence-electron chi connectivity index (χ2n) is 7.53. The van der Waals surface area contributed by atoms with Crippen molar-refractivity contribution in [1.82, 2.24) is 4.90 Å². The van der Waals surface area contributed by atoms with Crippen molar-refractivity contribution in [2.75, 3.05) is 25.5 Å². The van der Waals surface area contributed by atoms with E-state index in [1.165, 1.54) is 19.3 Å². The average molecular weight is 381 g/mol. The first kappa shape index (κ1) is 20.7. The molecule has 0 aliphatic heterocycles. The van der Waals surface area contributed by atoms with Crippen LogP contribution in [0.15, 0.2) is 24.3 Å². The number of rotatable bonds is 7. The number of quaternary nitrogens is 1. The number of carbonyl (C=O) groups excluding carboxylic acids is 2. The standard InChI is InChI=1S/C20H30ClN3O2/c1-15(2)24(16-9-5-4-6-10-16)20(26)14-23(3)13-19(25)22-18-12-8-7-11-17(18)21/h7-8,11-12,15-16H,4-6,9-10,13-14H2,1-3H3,(H,22,25)/p+1. The number of anilines is 1. The second kappa shape index (κ2) is 9.93. The van der Waals surface area contributed by atoms with Crippen LogP contribution in [0.4, 0.5) is 5.69 Å². The molecule has 1 unspecified atom stereocenters. The highest BCUT2D eigenvalue weighted by molar-refractivity contribution is 6.33. The van der Waals surface area contributed by atoms with Crippen LogP contribution in [-0.4, -0.2) is 48.9 Å². The van der Waals surface area contributed by atoms with Gasteiger partial charge in [-0.05, 0) is 38.8 Å². The van der Waals surface area contributed by atoms with Crippen molar-refractivity contribution in [3.8, 4) is 0 Å². The van der Waals surface area contributed by atoms with Gasteiger partial charge in [-0.3, -0.25) is 9.59 Å². The van der Waals surface area contributed by atoms with E-state index in [4.69, 9.17) is 11.6 Å². The van der Waals surface area contributed by atoms with Crippen molar-refractivity contribution in [1.29, 1.82) is 0 Å². The number of hydrogen-bond donors (Lipinski definition) is 2. The topological polar surface area (TPSA) is 53.9 Å². The van der Waals surface area contributed by atoms with Gasteiger partial charge < -0.3 is 15.1 Å². The highest BCUT2D eigenvalue weighted by Gasteiger charge is 2.29. The SMILES string of the molecule is CC(C)N(C(=O)C[NH+](C)CC(=O)Nc1ccccc1Cl)C1CCCCC1. The summed E-state index contributed by atoms with van der Waals surface area (Å²) in [6.45, 7) is 4.70. The van der Waals surface area contributed by atoms with Crippen LogP contribution in [0, 0.1) is 0 Å². The molecule has 1 saturated carbocycles.